The first kappa shape index (κ1) is 14.5. The van der Waals surface area contributed by atoms with Crippen LogP contribution in [0.5, 0.6) is 0 Å². The van der Waals surface area contributed by atoms with Gasteiger partial charge in [0.1, 0.15) is 0 Å². The number of sulfonamides is 1. The molecule has 2 rings (SSSR count). The molecule has 0 radical (unpaired) electrons. The molecule has 1 amide bonds. The number of hydrogen-bond donors (Lipinski definition) is 2. The monoisotopic (exact) mass is 293 g/mol. The van der Waals surface area contributed by atoms with Gasteiger partial charge in [0.05, 0.1) is 18.0 Å². The standard InChI is InChI=1S/C13H15N3O3S/c14-7-3-5-11-4-1-2-6-12(11)20(18,19)16-9-8-15-13(17)10-16/h1-2,4,6H,7-10,14H2,(H,15,17). The Bertz CT molecular complexity index is 674. The summed E-state index contributed by atoms with van der Waals surface area (Å²) in [6, 6.07) is 6.45. The van der Waals surface area contributed by atoms with Crippen LogP contribution in [0.2, 0.25) is 0 Å². The van der Waals surface area contributed by atoms with Crippen molar-refractivity contribution in [1.29, 1.82) is 0 Å². The third-order valence-corrected chi connectivity index (χ3v) is 4.74. The number of hydrogen-bond acceptors (Lipinski definition) is 4. The van der Waals surface area contributed by atoms with E-state index in [1.165, 1.54) is 6.07 Å². The number of carbonyl (C=O) groups excluding carboxylic acids is 1. The maximum Gasteiger partial charge on any atom is 0.244 e. The molecule has 106 valence electrons. The molecule has 1 saturated heterocycles. The van der Waals surface area contributed by atoms with Crippen molar-refractivity contribution in [2.75, 3.05) is 26.2 Å². The van der Waals surface area contributed by atoms with Gasteiger partial charge in [-0.2, -0.15) is 4.31 Å². The van der Waals surface area contributed by atoms with Crippen molar-refractivity contribution in [3.8, 4) is 11.8 Å². The van der Waals surface area contributed by atoms with Gasteiger partial charge in [0.25, 0.3) is 0 Å². The predicted molar refractivity (Wildman–Crippen MR) is 74.1 cm³/mol. The van der Waals surface area contributed by atoms with Crippen LogP contribution in [0.25, 0.3) is 0 Å². The van der Waals surface area contributed by atoms with E-state index in [0.717, 1.165) is 4.31 Å². The summed E-state index contributed by atoms with van der Waals surface area (Å²) in [6.45, 7) is 0.558. The van der Waals surface area contributed by atoms with Gasteiger partial charge in [-0.05, 0) is 12.1 Å². The second-order valence-corrected chi connectivity index (χ2v) is 6.10. The van der Waals surface area contributed by atoms with Gasteiger partial charge in [-0.25, -0.2) is 8.42 Å². The van der Waals surface area contributed by atoms with E-state index in [1.54, 1.807) is 18.2 Å². The summed E-state index contributed by atoms with van der Waals surface area (Å²) in [6.07, 6.45) is 0. The molecule has 1 aromatic carbocycles. The van der Waals surface area contributed by atoms with Crippen LogP contribution in [0.15, 0.2) is 29.2 Å². The first-order valence-electron chi connectivity index (χ1n) is 6.10. The average Bonchev–Trinajstić information content (AvgIpc) is 2.45. The van der Waals surface area contributed by atoms with Crippen molar-refractivity contribution < 1.29 is 13.2 Å². The van der Waals surface area contributed by atoms with E-state index in [2.05, 4.69) is 17.2 Å². The summed E-state index contributed by atoms with van der Waals surface area (Å²) >= 11 is 0. The van der Waals surface area contributed by atoms with E-state index < -0.39 is 10.0 Å². The molecule has 1 aliphatic heterocycles. The van der Waals surface area contributed by atoms with Crippen LogP contribution in [0.3, 0.4) is 0 Å². The Labute approximate surface area is 118 Å². The largest absolute Gasteiger partial charge is 0.354 e. The maximum absolute atomic E-state index is 12.6. The van der Waals surface area contributed by atoms with Gasteiger partial charge in [0, 0.05) is 18.7 Å². The lowest BCUT2D eigenvalue weighted by Gasteiger charge is -2.26. The summed E-state index contributed by atoms with van der Waals surface area (Å²) in [7, 11) is -3.73. The first-order valence-corrected chi connectivity index (χ1v) is 7.54. The normalized spacial score (nSPS) is 16.1. The molecule has 1 fully saturated rings. The fourth-order valence-electron chi connectivity index (χ4n) is 1.90. The van der Waals surface area contributed by atoms with Crippen LogP contribution in [-0.4, -0.2) is 44.8 Å². The highest BCUT2D eigenvalue weighted by Crippen LogP contribution is 2.20. The zero-order chi connectivity index (χ0) is 14.6. The SMILES string of the molecule is NCC#Cc1ccccc1S(=O)(=O)N1CCNC(=O)C1. The van der Waals surface area contributed by atoms with Crippen molar-refractivity contribution in [2.24, 2.45) is 5.73 Å². The number of benzene rings is 1. The molecule has 0 spiro atoms. The van der Waals surface area contributed by atoms with Gasteiger partial charge in [-0.3, -0.25) is 4.79 Å². The summed E-state index contributed by atoms with van der Waals surface area (Å²) in [4.78, 5) is 11.5. The molecule has 1 aromatic rings. The second-order valence-electron chi connectivity index (χ2n) is 4.19. The fourth-order valence-corrected chi connectivity index (χ4v) is 3.45. The molecule has 7 heteroatoms. The Balaban J connectivity index is 2.41. The fraction of sp³-hybridized carbons (Fsp3) is 0.308. The van der Waals surface area contributed by atoms with E-state index in [-0.39, 0.29) is 30.4 Å². The van der Waals surface area contributed by atoms with Gasteiger partial charge in [0.2, 0.25) is 15.9 Å². The van der Waals surface area contributed by atoms with Crippen molar-refractivity contribution in [3.05, 3.63) is 29.8 Å². The minimum Gasteiger partial charge on any atom is -0.354 e. The van der Waals surface area contributed by atoms with Crippen LogP contribution < -0.4 is 11.1 Å². The van der Waals surface area contributed by atoms with Crippen molar-refractivity contribution in [3.63, 3.8) is 0 Å². The number of piperazine rings is 1. The lowest BCUT2D eigenvalue weighted by Crippen LogP contribution is -2.49. The molecule has 0 saturated carbocycles. The number of nitrogens with two attached hydrogens (primary N) is 1. The predicted octanol–water partition coefficient (Wildman–Crippen LogP) is -0.883. The molecular formula is C13H15N3O3S. The number of nitrogens with zero attached hydrogens (tertiary/aromatic N) is 1. The van der Waals surface area contributed by atoms with E-state index in [4.69, 9.17) is 5.73 Å². The van der Waals surface area contributed by atoms with Gasteiger partial charge >= 0.3 is 0 Å². The molecule has 0 bridgehead atoms. The van der Waals surface area contributed by atoms with E-state index >= 15 is 0 Å². The van der Waals surface area contributed by atoms with Gasteiger partial charge < -0.3 is 11.1 Å². The summed E-state index contributed by atoms with van der Waals surface area (Å²) < 4.78 is 26.3. The molecule has 0 aliphatic carbocycles. The van der Waals surface area contributed by atoms with E-state index in [1.807, 2.05) is 0 Å². The topological polar surface area (TPSA) is 92.5 Å². The third-order valence-electron chi connectivity index (χ3n) is 2.83. The molecular weight excluding hydrogens is 278 g/mol. The van der Waals surface area contributed by atoms with Crippen LogP contribution in [0.4, 0.5) is 0 Å². The highest BCUT2D eigenvalue weighted by Gasteiger charge is 2.30. The van der Waals surface area contributed by atoms with Crippen molar-refractivity contribution >= 4 is 15.9 Å². The molecule has 0 aromatic heterocycles. The zero-order valence-corrected chi connectivity index (χ0v) is 11.6. The van der Waals surface area contributed by atoms with Crippen molar-refractivity contribution in [1.82, 2.24) is 9.62 Å². The number of carbonyl (C=O) groups is 1. The molecule has 3 N–H and O–H groups in total. The minimum atomic E-state index is -3.73. The quantitative estimate of drug-likeness (QED) is 0.692. The number of rotatable bonds is 2. The number of nitrogens with one attached hydrogen (secondary N) is 1. The second kappa shape index (κ2) is 6.05. The van der Waals surface area contributed by atoms with Crippen LogP contribution in [-0.2, 0) is 14.8 Å². The van der Waals surface area contributed by atoms with Gasteiger partial charge in [0.15, 0.2) is 0 Å². The third kappa shape index (κ3) is 2.99. The highest BCUT2D eigenvalue weighted by molar-refractivity contribution is 7.89. The van der Waals surface area contributed by atoms with Crippen LogP contribution >= 0.6 is 0 Å². The Morgan fingerprint density at radius 3 is 2.80 bits per heavy atom. The summed E-state index contributed by atoms with van der Waals surface area (Å²) in [5.41, 5.74) is 5.70. The molecule has 0 atom stereocenters. The Morgan fingerprint density at radius 1 is 1.35 bits per heavy atom. The Morgan fingerprint density at radius 2 is 2.10 bits per heavy atom. The summed E-state index contributed by atoms with van der Waals surface area (Å²) in [5.74, 6) is 5.09. The molecule has 0 unspecified atom stereocenters. The number of amides is 1. The van der Waals surface area contributed by atoms with Crippen LogP contribution in [0.1, 0.15) is 5.56 Å². The molecule has 1 aliphatic rings. The summed E-state index contributed by atoms with van der Waals surface area (Å²) in [5, 5.41) is 2.59. The maximum atomic E-state index is 12.6. The van der Waals surface area contributed by atoms with E-state index in [9.17, 15) is 13.2 Å². The Kier molecular flexibility index (Phi) is 4.39. The lowest BCUT2D eigenvalue weighted by molar-refractivity contribution is -0.122. The molecule has 6 nitrogen and oxygen atoms in total. The van der Waals surface area contributed by atoms with Crippen LogP contribution in [0, 0.1) is 11.8 Å². The zero-order valence-electron chi connectivity index (χ0n) is 10.8. The Hall–Kier alpha value is -1.88. The first-order chi connectivity index (χ1) is 9.55. The highest BCUT2D eigenvalue weighted by atomic mass is 32.2. The van der Waals surface area contributed by atoms with Gasteiger partial charge in [-0.1, -0.05) is 24.0 Å². The average molecular weight is 293 g/mol. The molecule has 20 heavy (non-hydrogen) atoms. The molecule has 1 heterocycles. The van der Waals surface area contributed by atoms with E-state index in [0.29, 0.717) is 12.1 Å². The van der Waals surface area contributed by atoms with Crippen molar-refractivity contribution in [2.45, 2.75) is 4.90 Å². The minimum absolute atomic E-state index is 0.107. The van der Waals surface area contributed by atoms with Gasteiger partial charge in [-0.15, -0.1) is 0 Å². The lowest BCUT2D eigenvalue weighted by atomic mass is 10.2. The smallest absolute Gasteiger partial charge is 0.244 e.